The van der Waals surface area contributed by atoms with Gasteiger partial charge in [0.15, 0.2) is 6.10 Å². The second kappa shape index (κ2) is 44.9. The van der Waals surface area contributed by atoms with Crippen LogP contribution in [0.25, 0.3) is 0 Å². The van der Waals surface area contributed by atoms with E-state index < -0.39 is 6.10 Å². The summed E-state index contributed by atoms with van der Waals surface area (Å²) in [5.74, 6) is 0.816. The van der Waals surface area contributed by atoms with Gasteiger partial charge in [0.2, 0.25) is 0 Å². The van der Waals surface area contributed by atoms with Gasteiger partial charge in [-0.25, -0.2) is 0 Å². The zero-order chi connectivity index (χ0) is 42.6. The Bertz CT molecular complexity index is 887. The topological polar surface area (TPSA) is 78.9 Å². The lowest BCUT2D eigenvalue weighted by atomic mass is 9.99. The molecule has 6 nitrogen and oxygen atoms in total. The summed E-state index contributed by atoms with van der Waals surface area (Å²) in [6.45, 7) is 11.4. The van der Waals surface area contributed by atoms with E-state index in [1.54, 1.807) is 0 Å². The SMILES string of the molecule is CCCCCCCCCCCCCCCCCC(=O)O[C@H](COC(=O)CCCCCCCCCCCCC(C)CC)COC(=O)CCCCCCCCCCC(C)C. The molecule has 6 heteroatoms. The molecule has 0 spiro atoms. The normalized spacial score (nSPS) is 12.5. The number of unbranched alkanes of at least 4 members (excludes halogenated alkanes) is 30. The summed E-state index contributed by atoms with van der Waals surface area (Å²) in [6, 6.07) is 0. The van der Waals surface area contributed by atoms with Gasteiger partial charge < -0.3 is 14.2 Å². The second-order valence-electron chi connectivity index (χ2n) is 18.5. The number of carbonyl (C=O) groups is 3. The third kappa shape index (κ3) is 44.0. The maximum Gasteiger partial charge on any atom is 0.306 e. The smallest absolute Gasteiger partial charge is 0.306 e. The predicted octanol–water partition coefficient (Wildman–Crippen LogP) is 16.5. The van der Waals surface area contributed by atoms with Gasteiger partial charge in [-0.2, -0.15) is 0 Å². The fourth-order valence-electron chi connectivity index (χ4n) is 7.78. The number of hydrogen-bond donors (Lipinski definition) is 0. The van der Waals surface area contributed by atoms with Gasteiger partial charge in [0.05, 0.1) is 0 Å². The van der Waals surface area contributed by atoms with Crippen LogP contribution in [0.3, 0.4) is 0 Å². The Labute approximate surface area is 361 Å². The van der Waals surface area contributed by atoms with Crippen molar-refractivity contribution in [2.45, 2.75) is 291 Å². The van der Waals surface area contributed by atoms with Gasteiger partial charge >= 0.3 is 17.9 Å². The van der Waals surface area contributed by atoms with Crippen molar-refractivity contribution >= 4 is 17.9 Å². The van der Waals surface area contributed by atoms with Gasteiger partial charge in [0.1, 0.15) is 13.2 Å². The van der Waals surface area contributed by atoms with Crippen LogP contribution in [-0.2, 0) is 28.6 Å². The fraction of sp³-hybridized carbons (Fsp3) is 0.942. The van der Waals surface area contributed by atoms with Crippen molar-refractivity contribution in [3.05, 3.63) is 0 Å². The summed E-state index contributed by atoms with van der Waals surface area (Å²) in [5.41, 5.74) is 0. The van der Waals surface area contributed by atoms with Gasteiger partial charge in [0, 0.05) is 19.3 Å². The third-order valence-electron chi connectivity index (χ3n) is 12.1. The molecule has 58 heavy (non-hydrogen) atoms. The van der Waals surface area contributed by atoms with Crippen molar-refractivity contribution in [2.75, 3.05) is 13.2 Å². The lowest BCUT2D eigenvalue weighted by molar-refractivity contribution is -0.167. The predicted molar refractivity (Wildman–Crippen MR) is 247 cm³/mol. The third-order valence-corrected chi connectivity index (χ3v) is 12.1. The maximum absolute atomic E-state index is 12.8. The molecule has 2 atom stereocenters. The highest BCUT2D eigenvalue weighted by atomic mass is 16.6. The lowest BCUT2D eigenvalue weighted by Crippen LogP contribution is -2.30. The van der Waals surface area contributed by atoms with E-state index in [0.29, 0.717) is 19.3 Å². The molecule has 0 rings (SSSR count). The van der Waals surface area contributed by atoms with E-state index in [-0.39, 0.29) is 31.1 Å². The van der Waals surface area contributed by atoms with Crippen LogP contribution >= 0.6 is 0 Å². The highest BCUT2D eigenvalue weighted by Gasteiger charge is 2.19. The van der Waals surface area contributed by atoms with Crippen molar-refractivity contribution < 1.29 is 28.6 Å². The molecular weight excluding hydrogens is 721 g/mol. The molecule has 0 aliphatic rings. The first-order valence-electron chi connectivity index (χ1n) is 25.8. The number of esters is 3. The molecule has 0 aromatic rings. The van der Waals surface area contributed by atoms with Crippen molar-refractivity contribution in [1.82, 2.24) is 0 Å². The van der Waals surface area contributed by atoms with Crippen LogP contribution in [0.4, 0.5) is 0 Å². The molecule has 0 aliphatic heterocycles. The summed E-state index contributed by atoms with van der Waals surface area (Å²) < 4.78 is 16.8. The minimum absolute atomic E-state index is 0.0643. The van der Waals surface area contributed by atoms with E-state index in [0.717, 1.165) is 69.6 Å². The summed E-state index contributed by atoms with van der Waals surface area (Å²) in [6.07, 6.45) is 45.1. The molecule has 0 fully saturated rings. The average Bonchev–Trinajstić information content (AvgIpc) is 3.21. The monoisotopic (exact) mass is 821 g/mol. The fourth-order valence-corrected chi connectivity index (χ4v) is 7.78. The number of hydrogen-bond acceptors (Lipinski definition) is 6. The van der Waals surface area contributed by atoms with Gasteiger partial charge in [-0.1, -0.05) is 247 Å². The van der Waals surface area contributed by atoms with Crippen molar-refractivity contribution in [3.63, 3.8) is 0 Å². The Kier molecular flexibility index (Phi) is 43.7. The second-order valence-corrected chi connectivity index (χ2v) is 18.5. The zero-order valence-corrected chi connectivity index (χ0v) is 39.7. The van der Waals surface area contributed by atoms with E-state index in [2.05, 4.69) is 34.6 Å². The summed E-state index contributed by atoms with van der Waals surface area (Å²) in [4.78, 5) is 37.9. The van der Waals surface area contributed by atoms with Crippen molar-refractivity contribution in [1.29, 1.82) is 0 Å². The lowest BCUT2D eigenvalue weighted by Gasteiger charge is -2.18. The van der Waals surface area contributed by atoms with E-state index in [1.165, 1.54) is 173 Å². The molecule has 0 aromatic heterocycles. The molecule has 0 aromatic carbocycles. The van der Waals surface area contributed by atoms with Gasteiger partial charge in [0.25, 0.3) is 0 Å². The van der Waals surface area contributed by atoms with E-state index in [4.69, 9.17) is 14.2 Å². The Morgan fingerprint density at radius 3 is 0.983 bits per heavy atom. The largest absolute Gasteiger partial charge is 0.462 e. The standard InChI is InChI=1S/C52H100O6/c1-6-8-9-10-11-12-13-14-15-16-17-22-29-34-39-44-52(55)58-49(46-57-51(54)43-38-33-28-24-23-25-30-35-40-47(3)4)45-56-50(53)42-37-32-27-21-19-18-20-26-31-36-41-48(5)7-2/h47-49H,6-46H2,1-5H3/t48?,49-/m1/s1. The molecule has 1 unspecified atom stereocenters. The minimum atomic E-state index is -0.762. The van der Waals surface area contributed by atoms with E-state index in [1.807, 2.05) is 0 Å². The van der Waals surface area contributed by atoms with Crippen LogP contribution in [0.15, 0.2) is 0 Å². The van der Waals surface area contributed by atoms with Crippen LogP contribution in [0.5, 0.6) is 0 Å². The van der Waals surface area contributed by atoms with Crippen LogP contribution in [-0.4, -0.2) is 37.2 Å². The molecule has 0 aliphatic carbocycles. The summed E-state index contributed by atoms with van der Waals surface area (Å²) in [7, 11) is 0. The number of ether oxygens (including phenoxy) is 3. The molecule has 0 bridgehead atoms. The first kappa shape index (κ1) is 56.4. The maximum atomic E-state index is 12.8. The highest BCUT2D eigenvalue weighted by Crippen LogP contribution is 2.18. The molecular formula is C52H100O6. The highest BCUT2D eigenvalue weighted by molar-refractivity contribution is 5.71. The summed E-state index contributed by atoms with van der Waals surface area (Å²) >= 11 is 0. The van der Waals surface area contributed by atoms with Crippen LogP contribution in [0.2, 0.25) is 0 Å². The first-order chi connectivity index (χ1) is 28.3. The van der Waals surface area contributed by atoms with E-state index in [9.17, 15) is 14.4 Å². The quantitative estimate of drug-likeness (QED) is 0.0346. The zero-order valence-electron chi connectivity index (χ0n) is 39.7. The molecule has 0 saturated heterocycles. The van der Waals surface area contributed by atoms with E-state index >= 15 is 0 Å². The Balaban J connectivity index is 4.32. The Hall–Kier alpha value is -1.59. The minimum Gasteiger partial charge on any atom is -0.462 e. The number of carbonyl (C=O) groups excluding carboxylic acids is 3. The van der Waals surface area contributed by atoms with Crippen LogP contribution in [0, 0.1) is 11.8 Å². The molecule has 0 saturated carbocycles. The first-order valence-corrected chi connectivity index (χ1v) is 25.8. The Morgan fingerprint density at radius 1 is 0.362 bits per heavy atom. The molecule has 0 radical (unpaired) electrons. The summed E-state index contributed by atoms with van der Waals surface area (Å²) in [5, 5.41) is 0. The molecule has 0 heterocycles. The van der Waals surface area contributed by atoms with Crippen LogP contribution in [0.1, 0.15) is 285 Å². The molecule has 344 valence electrons. The van der Waals surface area contributed by atoms with Gasteiger partial charge in [-0.15, -0.1) is 0 Å². The van der Waals surface area contributed by atoms with Gasteiger partial charge in [-0.05, 0) is 31.1 Å². The van der Waals surface area contributed by atoms with Crippen LogP contribution < -0.4 is 0 Å². The van der Waals surface area contributed by atoms with Crippen molar-refractivity contribution in [3.8, 4) is 0 Å². The Morgan fingerprint density at radius 2 is 0.655 bits per heavy atom. The molecule has 0 amide bonds. The van der Waals surface area contributed by atoms with Gasteiger partial charge in [-0.3, -0.25) is 14.4 Å². The van der Waals surface area contributed by atoms with Crippen molar-refractivity contribution in [2.24, 2.45) is 11.8 Å². The number of rotatable bonds is 46. The average molecular weight is 821 g/mol. The molecule has 0 N–H and O–H groups in total.